The monoisotopic (exact) mass is 372 g/mol. The SMILES string of the molecule is COc1ccc(S(=O)(=O)N2CCc3c([nH]c4ccccc34)C2)cc1OC. The van der Waals surface area contributed by atoms with E-state index in [1.807, 2.05) is 18.2 Å². The molecule has 0 unspecified atom stereocenters. The molecule has 26 heavy (non-hydrogen) atoms. The van der Waals surface area contributed by atoms with Crippen molar-refractivity contribution in [2.24, 2.45) is 0 Å². The van der Waals surface area contributed by atoms with Gasteiger partial charge in [-0.2, -0.15) is 4.31 Å². The molecule has 2 aromatic carbocycles. The molecule has 0 radical (unpaired) electrons. The number of benzene rings is 2. The maximum atomic E-state index is 13.1. The third-order valence-electron chi connectivity index (χ3n) is 4.84. The average molecular weight is 372 g/mol. The molecule has 0 amide bonds. The molecule has 0 saturated carbocycles. The molecule has 0 aliphatic carbocycles. The van der Waals surface area contributed by atoms with Gasteiger partial charge >= 0.3 is 0 Å². The first kappa shape index (κ1) is 16.9. The van der Waals surface area contributed by atoms with Crippen molar-refractivity contribution in [2.45, 2.75) is 17.9 Å². The minimum atomic E-state index is -3.62. The first-order valence-corrected chi connectivity index (χ1v) is 9.79. The molecule has 3 aromatic rings. The Kier molecular flexibility index (Phi) is 4.13. The van der Waals surface area contributed by atoms with Gasteiger partial charge in [-0.15, -0.1) is 0 Å². The van der Waals surface area contributed by atoms with Crippen LogP contribution in [-0.2, 0) is 23.0 Å². The summed E-state index contributed by atoms with van der Waals surface area (Å²) in [5.41, 5.74) is 3.21. The zero-order valence-electron chi connectivity index (χ0n) is 14.7. The van der Waals surface area contributed by atoms with Crippen LogP contribution < -0.4 is 9.47 Å². The summed E-state index contributed by atoms with van der Waals surface area (Å²) >= 11 is 0. The first-order valence-electron chi connectivity index (χ1n) is 8.35. The van der Waals surface area contributed by atoms with E-state index in [4.69, 9.17) is 9.47 Å². The van der Waals surface area contributed by atoms with Gasteiger partial charge in [-0.05, 0) is 30.2 Å². The number of nitrogens with zero attached hydrogens (tertiary/aromatic N) is 1. The second-order valence-electron chi connectivity index (χ2n) is 6.23. The highest BCUT2D eigenvalue weighted by molar-refractivity contribution is 7.89. The molecule has 4 rings (SSSR count). The minimum Gasteiger partial charge on any atom is -0.493 e. The van der Waals surface area contributed by atoms with Crippen LogP contribution in [0.2, 0.25) is 0 Å². The average Bonchev–Trinajstić information content (AvgIpc) is 3.05. The minimum absolute atomic E-state index is 0.203. The number of sulfonamides is 1. The number of hydrogen-bond acceptors (Lipinski definition) is 4. The highest BCUT2D eigenvalue weighted by Crippen LogP contribution is 2.33. The van der Waals surface area contributed by atoms with Crippen molar-refractivity contribution in [3.8, 4) is 11.5 Å². The van der Waals surface area contributed by atoms with Gasteiger partial charge in [0.15, 0.2) is 11.5 Å². The molecule has 0 bridgehead atoms. The summed E-state index contributed by atoms with van der Waals surface area (Å²) in [5, 5.41) is 1.17. The van der Waals surface area contributed by atoms with Gasteiger partial charge in [-0.25, -0.2) is 8.42 Å². The van der Waals surface area contributed by atoms with Crippen molar-refractivity contribution in [3.05, 3.63) is 53.7 Å². The molecule has 0 atom stereocenters. The fraction of sp³-hybridized carbons (Fsp3) is 0.263. The predicted octanol–water partition coefficient (Wildman–Crippen LogP) is 2.93. The van der Waals surface area contributed by atoms with Crippen LogP contribution >= 0.6 is 0 Å². The van der Waals surface area contributed by atoms with Crippen LogP contribution in [0.5, 0.6) is 11.5 Å². The van der Waals surface area contributed by atoms with Gasteiger partial charge < -0.3 is 14.5 Å². The lowest BCUT2D eigenvalue weighted by Crippen LogP contribution is -2.35. The Morgan fingerprint density at radius 2 is 1.81 bits per heavy atom. The van der Waals surface area contributed by atoms with E-state index in [0.717, 1.165) is 11.2 Å². The largest absolute Gasteiger partial charge is 0.493 e. The number of rotatable bonds is 4. The molecule has 0 fully saturated rings. The Hall–Kier alpha value is -2.51. The number of nitrogens with one attached hydrogen (secondary N) is 1. The van der Waals surface area contributed by atoms with Gasteiger partial charge in [0, 0.05) is 29.2 Å². The molecular formula is C19H20N2O4S. The zero-order valence-corrected chi connectivity index (χ0v) is 15.5. The first-order chi connectivity index (χ1) is 12.5. The van der Waals surface area contributed by atoms with E-state index in [2.05, 4.69) is 11.1 Å². The van der Waals surface area contributed by atoms with E-state index in [0.29, 0.717) is 31.0 Å². The highest BCUT2D eigenvalue weighted by atomic mass is 32.2. The normalized spacial score (nSPS) is 15.0. The predicted molar refractivity (Wildman–Crippen MR) is 99.1 cm³/mol. The van der Waals surface area contributed by atoms with Crippen molar-refractivity contribution < 1.29 is 17.9 Å². The van der Waals surface area contributed by atoms with Gasteiger partial charge in [-0.3, -0.25) is 0 Å². The number of para-hydroxylation sites is 1. The summed E-state index contributed by atoms with van der Waals surface area (Å²) in [7, 11) is -0.608. The zero-order chi connectivity index (χ0) is 18.3. The summed E-state index contributed by atoms with van der Waals surface area (Å²) in [4.78, 5) is 3.56. The van der Waals surface area contributed by atoms with Crippen LogP contribution in [0, 0.1) is 0 Å². The van der Waals surface area contributed by atoms with E-state index >= 15 is 0 Å². The molecule has 7 heteroatoms. The Balaban J connectivity index is 1.69. The van der Waals surface area contributed by atoms with Crippen LogP contribution in [0.3, 0.4) is 0 Å². The molecule has 0 spiro atoms. The summed E-state index contributed by atoms with van der Waals surface area (Å²) in [5.74, 6) is 0.903. The van der Waals surface area contributed by atoms with E-state index in [-0.39, 0.29) is 4.90 Å². The quantitative estimate of drug-likeness (QED) is 0.764. The number of aromatic nitrogens is 1. The van der Waals surface area contributed by atoms with Gasteiger partial charge in [0.2, 0.25) is 10.0 Å². The lowest BCUT2D eigenvalue weighted by molar-refractivity contribution is 0.353. The van der Waals surface area contributed by atoms with Crippen molar-refractivity contribution in [1.29, 1.82) is 0 Å². The topological polar surface area (TPSA) is 71.6 Å². The number of H-pyrrole nitrogens is 1. The maximum Gasteiger partial charge on any atom is 0.243 e. The number of aromatic amines is 1. The van der Waals surface area contributed by atoms with Crippen LogP contribution in [0.25, 0.3) is 10.9 Å². The highest BCUT2D eigenvalue weighted by Gasteiger charge is 2.30. The molecular weight excluding hydrogens is 352 g/mol. The summed E-state index contributed by atoms with van der Waals surface area (Å²) in [6, 6.07) is 12.7. The van der Waals surface area contributed by atoms with Gasteiger partial charge in [0.05, 0.1) is 25.7 Å². The Morgan fingerprint density at radius 1 is 1.04 bits per heavy atom. The van der Waals surface area contributed by atoms with Crippen LogP contribution in [-0.4, -0.2) is 38.5 Å². The third-order valence-corrected chi connectivity index (χ3v) is 6.68. The third kappa shape index (κ3) is 2.64. The second-order valence-corrected chi connectivity index (χ2v) is 8.17. The molecule has 1 N–H and O–H groups in total. The van der Waals surface area contributed by atoms with Gasteiger partial charge in [-0.1, -0.05) is 18.2 Å². The van der Waals surface area contributed by atoms with Gasteiger partial charge in [0.1, 0.15) is 0 Å². The van der Waals surface area contributed by atoms with E-state index in [1.54, 1.807) is 12.1 Å². The Bertz CT molecular complexity index is 1070. The van der Waals surface area contributed by atoms with Crippen molar-refractivity contribution in [3.63, 3.8) is 0 Å². The Labute approximate surface area is 152 Å². The molecule has 2 heterocycles. The van der Waals surface area contributed by atoms with Crippen molar-refractivity contribution >= 4 is 20.9 Å². The number of methoxy groups -OCH3 is 2. The number of fused-ring (bicyclic) bond motifs is 3. The van der Waals surface area contributed by atoms with E-state index in [9.17, 15) is 8.42 Å². The van der Waals surface area contributed by atoms with Crippen molar-refractivity contribution in [2.75, 3.05) is 20.8 Å². The van der Waals surface area contributed by atoms with E-state index < -0.39 is 10.0 Å². The van der Waals surface area contributed by atoms with Crippen LogP contribution in [0.1, 0.15) is 11.3 Å². The molecule has 1 aromatic heterocycles. The number of hydrogen-bond donors (Lipinski definition) is 1. The lowest BCUT2D eigenvalue weighted by atomic mass is 10.1. The molecule has 136 valence electrons. The van der Waals surface area contributed by atoms with Crippen molar-refractivity contribution in [1.82, 2.24) is 9.29 Å². The molecule has 0 saturated heterocycles. The maximum absolute atomic E-state index is 13.1. The molecule has 1 aliphatic heterocycles. The fourth-order valence-electron chi connectivity index (χ4n) is 3.50. The fourth-order valence-corrected chi connectivity index (χ4v) is 4.92. The smallest absolute Gasteiger partial charge is 0.243 e. The van der Waals surface area contributed by atoms with Gasteiger partial charge in [0.25, 0.3) is 0 Å². The van der Waals surface area contributed by atoms with E-state index in [1.165, 1.54) is 35.5 Å². The Morgan fingerprint density at radius 3 is 2.58 bits per heavy atom. The summed E-state index contributed by atoms with van der Waals surface area (Å²) < 4.78 is 38.1. The standard InChI is InChI=1S/C19H20N2O4S/c1-24-18-8-7-13(11-19(18)25-2)26(22,23)21-10-9-15-14-5-3-4-6-16(14)20-17(15)12-21/h3-8,11,20H,9-10,12H2,1-2H3. The second kappa shape index (κ2) is 6.34. The summed E-state index contributed by atoms with van der Waals surface area (Å²) in [6.45, 7) is 0.784. The molecule has 1 aliphatic rings. The van der Waals surface area contributed by atoms with Crippen LogP contribution in [0.15, 0.2) is 47.4 Å². The summed E-state index contributed by atoms with van der Waals surface area (Å²) in [6.07, 6.45) is 0.686. The number of ether oxygens (including phenoxy) is 2. The lowest BCUT2D eigenvalue weighted by Gasteiger charge is -2.26. The molecule has 6 nitrogen and oxygen atoms in total. The van der Waals surface area contributed by atoms with Crippen LogP contribution in [0.4, 0.5) is 0 Å².